The Morgan fingerprint density at radius 1 is 1.30 bits per heavy atom. The molecule has 0 spiro atoms. The van der Waals surface area contributed by atoms with Gasteiger partial charge in [-0.15, -0.1) is 0 Å². The van der Waals surface area contributed by atoms with Crippen LogP contribution in [0.5, 0.6) is 0 Å². The molecule has 0 aliphatic heterocycles. The molecule has 0 N–H and O–H groups in total. The number of fused-ring (bicyclic) bond motifs is 1. The van der Waals surface area contributed by atoms with Crippen LogP contribution in [0.15, 0.2) is 39.6 Å². The van der Waals surface area contributed by atoms with Crippen LogP contribution in [0, 0.1) is 19.8 Å². The Bertz CT molecular complexity index is 829. The van der Waals surface area contributed by atoms with E-state index in [-0.39, 0.29) is 18.5 Å². The van der Waals surface area contributed by atoms with Gasteiger partial charge in [0.2, 0.25) is 0 Å². The van der Waals surface area contributed by atoms with E-state index >= 15 is 0 Å². The highest BCUT2D eigenvalue weighted by molar-refractivity contribution is 5.84. The lowest BCUT2D eigenvalue weighted by atomic mass is 9.95. The van der Waals surface area contributed by atoms with Gasteiger partial charge in [-0.05, 0) is 44.2 Å². The number of esters is 1. The molecule has 0 radical (unpaired) electrons. The molecule has 120 valence electrons. The Labute approximate surface area is 134 Å². The second-order valence-electron chi connectivity index (χ2n) is 6.06. The molecule has 1 aliphatic carbocycles. The molecule has 1 aromatic carbocycles. The van der Waals surface area contributed by atoms with Crippen molar-refractivity contribution in [3.8, 4) is 0 Å². The molecule has 1 heterocycles. The highest BCUT2D eigenvalue weighted by atomic mass is 16.5. The molecule has 0 saturated carbocycles. The molecule has 0 fully saturated rings. The van der Waals surface area contributed by atoms with Gasteiger partial charge in [-0.3, -0.25) is 4.79 Å². The van der Waals surface area contributed by atoms with Gasteiger partial charge in [0.1, 0.15) is 12.2 Å². The maximum atomic E-state index is 12.2. The van der Waals surface area contributed by atoms with Gasteiger partial charge in [0.15, 0.2) is 0 Å². The minimum atomic E-state index is -0.419. The molecule has 0 amide bonds. The zero-order valence-corrected chi connectivity index (χ0v) is 13.4. The summed E-state index contributed by atoms with van der Waals surface area (Å²) in [5, 5.41) is 0.823. The summed E-state index contributed by atoms with van der Waals surface area (Å²) in [6.45, 7) is 3.99. The molecular formula is C19H20O4. The molecule has 4 heteroatoms. The van der Waals surface area contributed by atoms with E-state index in [4.69, 9.17) is 9.15 Å². The molecule has 0 saturated heterocycles. The van der Waals surface area contributed by atoms with E-state index in [0.29, 0.717) is 11.1 Å². The monoisotopic (exact) mass is 312 g/mol. The first-order chi connectivity index (χ1) is 11.1. The molecule has 4 nitrogen and oxygen atoms in total. The van der Waals surface area contributed by atoms with E-state index in [0.717, 1.165) is 35.8 Å². The predicted molar refractivity (Wildman–Crippen MR) is 88.2 cm³/mol. The Morgan fingerprint density at radius 2 is 2.13 bits per heavy atom. The Balaban J connectivity index is 1.85. The molecule has 2 aromatic rings. The van der Waals surface area contributed by atoms with Crippen molar-refractivity contribution < 1.29 is 13.9 Å². The molecule has 1 aliphatic rings. The third kappa shape index (κ3) is 3.21. The predicted octanol–water partition coefficient (Wildman–Crippen LogP) is 3.81. The lowest BCUT2D eigenvalue weighted by Gasteiger charge is -2.16. The van der Waals surface area contributed by atoms with Gasteiger partial charge in [0.05, 0.1) is 5.92 Å². The van der Waals surface area contributed by atoms with E-state index in [1.807, 2.05) is 32.1 Å². The average Bonchev–Trinajstić information content (AvgIpc) is 2.57. The highest BCUT2D eigenvalue weighted by Crippen LogP contribution is 2.25. The summed E-state index contributed by atoms with van der Waals surface area (Å²) in [6, 6.07) is 5.30. The number of aryl methyl sites for hydroxylation is 2. The summed E-state index contributed by atoms with van der Waals surface area (Å²) in [5.41, 5.74) is 2.84. The minimum Gasteiger partial charge on any atom is -0.461 e. The summed E-state index contributed by atoms with van der Waals surface area (Å²) in [5.74, 6) is -0.269. The normalized spacial score (nSPS) is 17.4. The lowest BCUT2D eigenvalue weighted by molar-refractivity contribution is -0.150. The lowest BCUT2D eigenvalue weighted by Crippen LogP contribution is -2.19. The van der Waals surface area contributed by atoms with Crippen molar-refractivity contribution in [2.45, 2.75) is 39.7 Å². The highest BCUT2D eigenvalue weighted by Gasteiger charge is 2.20. The largest absolute Gasteiger partial charge is 0.461 e. The summed E-state index contributed by atoms with van der Waals surface area (Å²) in [7, 11) is 0. The third-order valence-electron chi connectivity index (χ3n) is 4.49. The number of rotatable bonds is 3. The smallest absolute Gasteiger partial charge is 0.336 e. The SMILES string of the molecule is Cc1ccc2c(COC(=O)[C@H]3CC=CCC3)cc(=O)oc2c1C. The van der Waals surface area contributed by atoms with E-state index in [1.54, 1.807) is 0 Å². The molecule has 1 aromatic heterocycles. The Kier molecular flexibility index (Phi) is 4.33. The fourth-order valence-electron chi connectivity index (χ4n) is 2.92. The quantitative estimate of drug-likeness (QED) is 0.491. The maximum Gasteiger partial charge on any atom is 0.336 e. The number of carbonyl (C=O) groups excluding carboxylic acids is 1. The first-order valence-corrected chi connectivity index (χ1v) is 7.91. The van der Waals surface area contributed by atoms with Gasteiger partial charge in [-0.1, -0.05) is 24.3 Å². The van der Waals surface area contributed by atoms with E-state index in [1.165, 1.54) is 6.07 Å². The minimum absolute atomic E-state index is 0.0737. The van der Waals surface area contributed by atoms with Gasteiger partial charge in [0.25, 0.3) is 0 Å². The second-order valence-corrected chi connectivity index (χ2v) is 6.06. The summed E-state index contributed by atoms with van der Waals surface area (Å²) in [6.07, 6.45) is 6.58. The molecule has 1 atom stereocenters. The molecular weight excluding hydrogens is 292 g/mol. The van der Waals surface area contributed by atoms with Crippen LogP contribution in [0.1, 0.15) is 36.0 Å². The van der Waals surface area contributed by atoms with E-state index in [2.05, 4.69) is 6.08 Å². The van der Waals surface area contributed by atoms with Crippen LogP contribution in [-0.2, 0) is 16.1 Å². The van der Waals surface area contributed by atoms with Crippen LogP contribution >= 0.6 is 0 Å². The van der Waals surface area contributed by atoms with Gasteiger partial charge in [-0.25, -0.2) is 4.79 Å². The molecule has 3 rings (SSSR count). The van der Waals surface area contributed by atoms with Crippen LogP contribution in [0.2, 0.25) is 0 Å². The second kappa shape index (κ2) is 6.41. The summed E-state index contributed by atoms with van der Waals surface area (Å²) in [4.78, 5) is 24.0. The maximum absolute atomic E-state index is 12.2. The van der Waals surface area contributed by atoms with Crippen LogP contribution in [0.3, 0.4) is 0 Å². The van der Waals surface area contributed by atoms with Crippen molar-refractivity contribution in [1.29, 1.82) is 0 Å². The average molecular weight is 312 g/mol. The van der Waals surface area contributed by atoms with Crippen molar-refractivity contribution in [3.05, 3.63) is 57.5 Å². The van der Waals surface area contributed by atoms with Gasteiger partial charge in [0, 0.05) is 17.0 Å². The van der Waals surface area contributed by atoms with Crippen molar-refractivity contribution in [3.63, 3.8) is 0 Å². The summed E-state index contributed by atoms with van der Waals surface area (Å²) >= 11 is 0. The zero-order chi connectivity index (χ0) is 16.4. The number of carbonyl (C=O) groups is 1. The first-order valence-electron chi connectivity index (χ1n) is 7.91. The Hall–Kier alpha value is -2.36. The van der Waals surface area contributed by atoms with Crippen molar-refractivity contribution in [1.82, 2.24) is 0 Å². The van der Waals surface area contributed by atoms with Gasteiger partial charge >= 0.3 is 11.6 Å². The number of allylic oxidation sites excluding steroid dienone is 2. The Morgan fingerprint density at radius 3 is 2.87 bits per heavy atom. The fraction of sp³-hybridized carbons (Fsp3) is 0.368. The van der Waals surface area contributed by atoms with E-state index < -0.39 is 5.63 Å². The van der Waals surface area contributed by atoms with Crippen LogP contribution in [0.4, 0.5) is 0 Å². The van der Waals surface area contributed by atoms with Crippen LogP contribution < -0.4 is 5.63 Å². The van der Waals surface area contributed by atoms with Crippen LogP contribution in [0.25, 0.3) is 11.0 Å². The number of hydrogen-bond acceptors (Lipinski definition) is 4. The van der Waals surface area contributed by atoms with Gasteiger partial charge < -0.3 is 9.15 Å². The summed E-state index contributed by atoms with van der Waals surface area (Å²) < 4.78 is 10.8. The molecule has 0 bridgehead atoms. The topological polar surface area (TPSA) is 56.5 Å². The third-order valence-corrected chi connectivity index (χ3v) is 4.49. The van der Waals surface area contributed by atoms with Gasteiger partial charge in [-0.2, -0.15) is 0 Å². The number of benzene rings is 1. The van der Waals surface area contributed by atoms with Crippen molar-refractivity contribution >= 4 is 16.9 Å². The fourth-order valence-corrected chi connectivity index (χ4v) is 2.92. The van der Waals surface area contributed by atoms with E-state index in [9.17, 15) is 9.59 Å². The molecule has 0 unspecified atom stereocenters. The number of hydrogen-bond donors (Lipinski definition) is 0. The molecule has 23 heavy (non-hydrogen) atoms. The van der Waals surface area contributed by atoms with Crippen LogP contribution in [-0.4, -0.2) is 5.97 Å². The number of ether oxygens (including phenoxy) is 1. The standard InChI is InChI=1S/C19H20O4/c1-12-8-9-16-15(10-17(20)23-18(16)13(12)2)11-22-19(21)14-6-4-3-5-7-14/h3-4,8-10,14H,5-7,11H2,1-2H3/t14-/m0/s1. The zero-order valence-electron chi connectivity index (χ0n) is 13.4. The first kappa shape index (κ1) is 15.5. The van der Waals surface area contributed by atoms with Crippen molar-refractivity contribution in [2.24, 2.45) is 5.92 Å². The van der Waals surface area contributed by atoms with Crippen molar-refractivity contribution in [2.75, 3.05) is 0 Å².